The van der Waals surface area contributed by atoms with Gasteiger partial charge >= 0.3 is 0 Å². The van der Waals surface area contributed by atoms with Crippen LogP contribution in [-0.2, 0) is 0 Å². The molecule has 0 aliphatic heterocycles. The molecule has 0 bridgehead atoms. The average Bonchev–Trinajstić information content (AvgIpc) is 2.43. The number of halogens is 2. The first-order valence-electron chi connectivity index (χ1n) is 9.05. The molecule has 1 atom stereocenters. The molecule has 0 amide bonds. The van der Waals surface area contributed by atoms with Crippen molar-refractivity contribution in [3.8, 4) is 0 Å². The fourth-order valence-corrected chi connectivity index (χ4v) is 3.15. The van der Waals surface area contributed by atoms with Gasteiger partial charge in [0, 0.05) is 0 Å². The van der Waals surface area contributed by atoms with Crippen LogP contribution in [0.15, 0.2) is 0 Å². The third kappa shape index (κ3) is 18.8. The molecule has 0 aromatic carbocycles. The van der Waals surface area contributed by atoms with E-state index in [9.17, 15) is 0 Å². The van der Waals surface area contributed by atoms with Crippen LogP contribution >= 0.6 is 27.5 Å². The lowest BCUT2D eigenvalue weighted by atomic mass is 10.0. The molecule has 0 nitrogen and oxygen atoms in total. The molecule has 122 valence electrons. The van der Waals surface area contributed by atoms with Crippen LogP contribution < -0.4 is 0 Å². The molecular weight excluding hydrogens is 332 g/mol. The lowest BCUT2D eigenvalue weighted by molar-refractivity contribution is 0.531. The molecule has 0 aliphatic carbocycles. The van der Waals surface area contributed by atoms with Crippen LogP contribution in [0, 0.1) is 0 Å². The molecule has 2 heteroatoms. The van der Waals surface area contributed by atoms with Gasteiger partial charge in [0.05, 0.1) is 4.29 Å². The number of unbranched alkanes of at least 4 members (excludes halogenated alkanes) is 14. The Labute approximate surface area is 141 Å². The van der Waals surface area contributed by atoms with Crippen molar-refractivity contribution in [2.75, 3.05) is 0 Å². The second-order valence-corrected chi connectivity index (χ2v) is 8.29. The first-order chi connectivity index (χ1) is 9.77. The Hall–Kier alpha value is 0.770. The fourth-order valence-electron chi connectivity index (χ4n) is 2.67. The molecule has 0 fully saturated rings. The lowest BCUT2D eigenvalue weighted by Crippen LogP contribution is -1.86. The van der Waals surface area contributed by atoms with Crippen molar-refractivity contribution in [3.05, 3.63) is 0 Å². The third-order valence-electron chi connectivity index (χ3n) is 4.03. The van der Waals surface area contributed by atoms with Gasteiger partial charge in [-0.05, 0) is 6.42 Å². The summed E-state index contributed by atoms with van der Waals surface area (Å²) < 4.78 is 0.185. The zero-order valence-corrected chi connectivity index (χ0v) is 16.0. The van der Waals surface area contributed by atoms with Crippen molar-refractivity contribution in [2.45, 2.75) is 114 Å². The van der Waals surface area contributed by atoms with Gasteiger partial charge in [-0.1, -0.05) is 119 Å². The normalized spacial score (nSPS) is 12.8. The molecule has 0 heterocycles. The van der Waals surface area contributed by atoms with Crippen LogP contribution in [-0.4, -0.2) is 4.29 Å². The van der Waals surface area contributed by atoms with Crippen LogP contribution in [0.1, 0.15) is 110 Å². The topological polar surface area (TPSA) is 0 Å². The number of alkyl halides is 2. The van der Waals surface area contributed by atoms with Crippen LogP contribution in [0.3, 0.4) is 0 Å². The second-order valence-electron chi connectivity index (χ2n) is 6.13. The molecule has 0 saturated carbocycles. The van der Waals surface area contributed by atoms with Gasteiger partial charge in [-0.2, -0.15) is 0 Å². The summed E-state index contributed by atoms with van der Waals surface area (Å²) >= 11 is 9.23. The van der Waals surface area contributed by atoms with Crippen molar-refractivity contribution in [1.29, 1.82) is 0 Å². The molecule has 0 aliphatic rings. The molecule has 0 radical (unpaired) electrons. The predicted octanol–water partition coefficient (Wildman–Crippen LogP) is 8.21. The minimum absolute atomic E-state index is 0.185. The van der Waals surface area contributed by atoms with E-state index < -0.39 is 0 Å². The highest BCUT2D eigenvalue weighted by molar-refractivity contribution is 9.10. The van der Waals surface area contributed by atoms with Gasteiger partial charge in [0.1, 0.15) is 0 Å². The van der Waals surface area contributed by atoms with E-state index in [1.54, 1.807) is 0 Å². The largest absolute Gasteiger partial charge is 0.110 e. The molecule has 0 aromatic rings. The van der Waals surface area contributed by atoms with E-state index in [0.717, 1.165) is 6.42 Å². The van der Waals surface area contributed by atoms with E-state index in [-0.39, 0.29) is 4.29 Å². The van der Waals surface area contributed by atoms with Crippen molar-refractivity contribution in [3.63, 3.8) is 0 Å². The minimum atomic E-state index is 0.185. The summed E-state index contributed by atoms with van der Waals surface area (Å²) in [6.07, 6.45) is 22.5. The number of hydrogen-bond acceptors (Lipinski definition) is 0. The first-order valence-corrected chi connectivity index (χ1v) is 10.4. The van der Waals surface area contributed by atoms with Gasteiger partial charge in [-0.25, -0.2) is 0 Å². The van der Waals surface area contributed by atoms with Crippen LogP contribution in [0.5, 0.6) is 0 Å². The van der Waals surface area contributed by atoms with Crippen LogP contribution in [0.4, 0.5) is 0 Å². The Bertz CT molecular complexity index is 171. The lowest BCUT2D eigenvalue weighted by Gasteiger charge is -2.03. The Morgan fingerprint density at radius 2 is 0.900 bits per heavy atom. The molecule has 0 saturated heterocycles. The van der Waals surface area contributed by atoms with E-state index in [0.29, 0.717) is 0 Å². The predicted molar refractivity (Wildman–Crippen MR) is 98.1 cm³/mol. The van der Waals surface area contributed by atoms with Crippen molar-refractivity contribution in [2.24, 2.45) is 0 Å². The Kier molecular flexibility index (Phi) is 18.5. The van der Waals surface area contributed by atoms with E-state index in [2.05, 4.69) is 22.9 Å². The Morgan fingerprint density at radius 1 is 0.600 bits per heavy atom. The standard InChI is InChI=1S/C18H36BrCl/c1-2-3-4-5-6-7-8-9-10-11-12-13-14-15-16-17-18(19)20/h18H,2-17H2,1H3. The van der Waals surface area contributed by atoms with Gasteiger partial charge < -0.3 is 0 Å². The van der Waals surface area contributed by atoms with Crippen molar-refractivity contribution < 1.29 is 0 Å². The van der Waals surface area contributed by atoms with Crippen molar-refractivity contribution in [1.82, 2.24) is 0 Å². The zero-order valence-electron chi connectivity index (χ0n) is 13.6. The Morgan fingerprint density at radius 3 is 1.20 bits per heavy atom. The third-order valence-corrected chi connectivity index (χ3v) is 4.70. The first kappa shape index (κ1) is 20.8. The molecule has 0 rings (SSSR count). The number of rotatable bonds is 16. The molecule has 20 heavy (non-hydrogen) atoms. The smallest absolute Gasteiger partial charge is 0.0886 e. The highest BCUT2D eigenvalue weighted by atomic mass is 79.9. The fraction of sp³-hybridized carbons (Fsp3) is 1.00. The molecule has 1 unspecified atom stereocenters. The summed E-state index contributed by atoms with van der Waals surface area (Å²) in [6, 6.07) is 0. The molecular formula is C18H36BrCl. The van der Waals surface area contributed by atoms with Gasteiger partial charge in [0.2, 0.25) is 0 Å². The maximum Gasteiger partial charge on any atom is 0.0886 e. The summed E-state index contributed by atoms with van der Waals surface area (Å²) in [6.45, 7) is 2.29. The maximum absolute atomic E-state index is 5.85. The monoisotopic (exact) mass is 366 g/mol. The molecule has 0 N–H and O–H groups in total. The average molecular weight is 368 g/mol. The van der Waals surface area contributed by atoms with E-state index >= 15 is 0 Å². The second kappa shape index (κ2) is 17.8. The van der Waals surface area contributed by atoms with E-state index in [4.69, 9.17) is 11.6 Å². The highest BCUT2D eigenvalue weighted by Gasteiger charge is 1.97. The van der Waals surface area contributed by atoms with Gasteiger partial charge in [0.25, 0.3) is 0 Å². The quantitative estimate of drug-likeness (QED) is 0.190. The number of hydrogen-bond donors (Lipinski definition) is 0. The summed E-state index contributed by atoms with van der Waals surface area (Å²) in [7, 11) is 0. The summed E-state index contributed by atoms with van der Waals surface area (Å²) in [5.74, 6) is 0. The minimum Gasteiger partial charge on any atom is -0.110 e. The maximum atomic E-state index is 5.85. The molecule has 0 spiro atoms. The van der Waals surface area contributed by atoms with Crippen LogP contribution in [0.2, 0.25) is 0 Å². The van der Waals surface area contributed by atoms with E-state index in [1.165, 1.54) is 96.3 Å². The highest BCUT2D eigenvalue weighted by Crippen LogP contribution is 2.16. The van der Waals surface area contributed by atoms with E-state index in [1.807, 2.05) is 0 Å². The van der Waals surface area contributed by atoms with Gasteiger partial charge in [0.15, 0.2) is 0 Å². The molecule has 0 aromatic heterocycles. The van der Waals surface area contributed by atoms with Gasteiger partial charge in [-0.3, -0.25) is 0 Å². The summed E-state index contributed by atoms with van der Waals surface area (Å²) in [5.41, 5.74) is 0. The summed E-state index contributed by atoms with van der Waals surface area (Å²) in [4.78, 5) is 0. The Balaban J connectivity index is 2.92. The van der Waals surface area contributed by atoms with Gasteiger partial charge in [-0.15, -0.1) is 11.6 Å². The summed E-state index contributed by atoms with van der Waals surface area (Å²) in [5, 5.41) is 0. The SMILES string of the molecule is CCCCCCCCCCCCCCCCCC(Cl)Br. The van der Waals surface area contributed by atoms with Crippen LogP contribution in [0.25, 0.3) is 0 Å². The van der Waals surface area contributed by atoms with Crippen molar-refractivity contribution >= 4 is 27.5 Å². The zero-order chi connectivity index (χ0) is 14.9.